The Labute approximate surface area is 158 Å². The third-order valence-corrected chi connectivity index (χ3v) is 4.36. The first kappa shape index (κ1) is 18.2. The molecule has 3 rings (SSSR count). The number of aromatic nitrogens is 1. The van der Waals surface area contributed by atoms with Crippen LogP contribution in [-0.4, -0.2) is 17.6 Å². The monoisotopic (exact) mass is 365 g/mol. The Bertz CT molecular complexity index is 902. The highest BCUT2D eigenvalue weighted by molar-refractivity contribution is 6.30. The van der Waals surface area contributed by atoms with E-state index in [9.17, 15) is 4.79 Å². The molecule has 0 radical (unpaired) electrons. The molecule has 0 aliphatic carbocycles. The van der Waals surface area contributed by atoms with Gasteiger partial charge in [0, 0.05) is 17.0 Å². The summed E-state index contributed by atoms with van der Waals surface area (Å²) < 4.78 is 5.09. The highest BCUT2D eigenvalue weighted by Crippen LogP contribution is 2.26. The van der Waals surface area contributed by atoms with E-state index in [4.69, 9.17) is 16.3 Å². The van der Waals surface area contributed by atoms with Crippen molar-refractivity contribution in [3.05, 3.63) is 88.2 Å². The second kappa shape index (κ2) is 8.15. The van der Waals surface area contributed by atoms with Gasteiger partial charge in [-0.05, 0) is 43.2 Å². The average molecular weight is 366 g/mol. The first-order chi connectivity index (χ1) is 12.6. The molecule has 26 heavy (non-hydrogen) atoms. The molecule has 132 valence electrons. The minimum absolute atomic E-state index is 0.326. The molecule has 0 aliphatic rings. The molecule has 4 heteroatoms. The largest absolute Gasteiger partial charge is 0.461 e. The van der Waals surface area contributed by atoms with Crippen LogP contribution in [0.4, 0.5) is 0 Å². The number of hydrogen-bond donors (Lipinski definition) is 0. The number of benzene rings is 2. The van der Waals surface area contributed by atoms with E-state index in [1.54, 1.807) is 13.0 Å². The number of rotatable bonds is 5. The highest BCUT2D eigenvalue weighted by Gasteiger charge is 2.14. The zero-order valence-electron chi connectivity index (χ0n) is 14.8. The lowest BCUT2D eigenvalue weighted by Gasteiger charge is -2.12. The SMILES string of the molecule is CCOC(=O)c1ccc(-c2ccc(Cl)cc2)c(Cc2ccc(C)cc2)n1. The molecular weight excluding hydrogens is 346 g/mol. The second-order valence-electron chi connectivity index (χ2n) is 6.08. The van der Waals surface area contributed by atoms with Gasteiger partial charge in [0.05, 0.1) is 12.3 Å². The molecule has 0 aliphatic heterocycles. The predicted molar refractivity (Wildman–Crippen MR) is 105 cm³/mol. The summed E-state index contributed by atoms with van der Waals surface area (Å²) in [5.41, 5.74) is 5.50. The Morgan fingerprint density at radius 3 is 2.35 bits per heavy atom. The van der Waals surface area contributed by atoms with E-state index in [1.165, 1.54) is 5.56 Å². The number of halogens is 1. The molecule has 0 N–H and O–H groups in total. The third-order valence-electron chi connectivity index (χ3n) is 4.11. The highest BCUT2D eigenvalue weighted by atomic mass is 35.5. The van der Waals surface area contributed by atoms with Crippen molar-refractivity contribution in [3.8, 4) is 11.1 Å². The van der Waals surface area contributed by atoms with E-state index in [1.807, 2.05) is 30.3 Å². The van der Waals surface area contributed by atoms with Crippen molar-refractivity contribution in [1.82, 2.24) is 4.98 Å². The number of hydrogen-bond acceptors (Lipinski definition) is 3. The molecule has 0 atom stereocenters. The van der Waals surface area contributed by atoms with Gasteiger partial charge in [-0.1, -0.05) is 59.6 Å². The zero-order chi connectivity index (χ0) is 18.5. The molecule has 3 aromatic rings. The minimum atomic E-state index is -0.402. The van der Waals surface area contributed by atoms with E-state index in [-0.39, 0.29) is 0 Å². The summed E-state index contributed by atoms with van der Waals surface area (Å²) >= 11 is 6.01. The number of carbonyl (C=O) groups excluding carboxylic acids is 1. The summed E-state index contributed by atoms with van der Waals surface area (Å²) in [5, 5.41) is 0.685. The maximum Gasteiger partial charge on any atom is 0.356 e. The molecule has 1 aromatic heterocycles. The number of carbonyl (C=O) groups is 1. The van der Waals surface area contributed by atoms with Crippen LogP contribution < -0.4 is 0 Å². The Hall–Kier alpha value is -2.65. The zero-order valence-corrected chi connectivity index (χ0v) is 15.6. The lowest BCUT2D eigenvalue weighted by molar-refractivity contribution is 0.0519. The van der Waals surface area contributed by atoms with Crippen molar-refractivity contribution in [2.24, 2.45) is 0 Å². The van der Waals surface area contributed by atoms with Crippen molar-refractivity contribution in [1.29, 1.82) is 0 Å². The van der Waals surface area contributed by atoms with Crippen LogP contribution >= 0.6 is 11.6 Å². The maximum atomic E-state index is 12.1. The van der Waals surface area contributed by atoms with Gasteiger partial charge in [-0.3, -0.25) is 0 Å². The molecule has 1 heterocycles. The Kier molecular flexibility index (Phi) is 5.69. The number of esters is 1. The average Bonchev–Trinajstić information content (AvgIpc) is 2.65. The molecule has 3 nitrogen and oxygen atoms in total. The van der Waals surface area contributed by atoms with Gasteiger partial charge in [0.1, 0.15) is 5.69 Å². The lowest BCUT2D eigenvalue weighted by Crippen LogP contribution is -2.09. The van der Waals surface area contributed by atoms with E-state index in [0.29, 0.717) is 23.7 Å². The van der Waals surface area contributed by atoms with E-state index >= 15 is 0 Å². The van der Waals surface area contributed by atoms with Gasteiger partial charge in [-0.2, -0.15) is 0 Å². The van der Waals surface area contributed by atoms with Crippen LogP contribution in [0.25, 0.3) is 11.1 Å². The summed E-state index contributed by atoms with van der Waals surface area (Å²) in [6.45, 7) is 4.17. The summed E-state index contributed by atoms with van der Waals surface area (Å²) in [4.78, 5) is 16.7. The van der Waals surface area contributed by atoms with Crippen LogP contribution in [-0.2, 0) is 11.2 Å². The smallest absolute Gasteiger partial charge is 0.356 e. The number of ether oxygens (including phenoxy) is 1. The van der Waals surface area contributed by atoms with E-state index in [2.05, 4.69) is 36.2 Å². The molecule has 0 saturated carbocycles. The number of aryl methyl sites for hydroxylation is 1. The first-order valence-electron chi connectivity index (χ1n) is 8.55. The van der Waals surface area contributed by atoms with Gasteiger partial charge >= 0.3 is 5.97 Å². The van der Waals surface area contributed by atoms with Crippen LogP contribution in [0.2, 0.25) is 5.02 Å². The van der Waals surface area contributed by atoms with Gasteiger partial charge in [0.2, 0.25) is 0 Å². The van der Waals surface area contributed by atoms with Crippen LogP contribution in [0, 0.1) is 6.92 Å². The van der Waals surface area contributed by atoms with E-state index < -0.39 is 5.97 Å². The Morgan fingerprint density at radius 1 is 1.00 bits per heavy atom. The molecule has 0 amide bonds. The van der Waals surface area contributed by atoms with Crippen molar-refractivity contribution in [2.45, 2.75) is 20.3 Å². The summed E-state index contributed by atoms with van der Waals surface area (Å²) in [5.74, 6) is -0.402. The minimum Gasteiger partial charge on any atom is -0.461 e. The fourth-order valence-corrected chi connectivity index (χ4v) is 2.87. The van der Waals surface area contributed by atoms with Gasteiger partial charge in [0.15, 0.2) is 0 Å². The first-order valence-corrected chi connectivity index (χ1v) is 8.93. The van der Waals surface area contributed by atoms with Crippen LogP contribution in [0.3, 0.4) is 0 Å². The fraction of sp³-hybridized carbons (Fsp3) is 0.182. The van der Waals surface area contributed by atoms with Gasteiger partial charge in [-0.25, -0.2) is 9.78 Å². The molecule has 0 saturated heterocycles. The fourth-order valence-electron chi connectivity index (χ4n) is 2.75. The predicted octanol–water partition coefficient (Wildman–Crippen LogP) is 5.48. The molecule has 2 aromatic carbocycles. The molecule has 0 fully saturated rings. The van der Waals surface area contributed by atoms with Gasteiger partial charge in [-0.15, -0.1) is 0 Å². The van der Waals surface area contributed by atoms with Gasteiger partial charge < -0.3 is 4.74 Å². The number of pyridine rings is 1. The molecule has 0 unspecified atom stereocenters. The quantitative estimate of drug-likeness (QED) is 0.562. The second-order valence-corrected chi connectivity index (χ2v) is 6.52. The normalized spacial score (nSPS) is 10.6. The van der Waals surface area contributed by atoms with Crippen LogP contribution in [0.5, 0.6) is 0 Å². The van der Waals surface area contributed by atoms with Gasteiger partial charge in [0.25, 0.3) is 0 Å². The van der Waals surface area contributed by atoms with E-state index in [0.717, 1.165) is 22.4 Å². The molecule has 0 bridgehead atoms. The van der Waals surface area contributed by atoms with Crippen molar-refractivity contribution < 1.29 is 9.53 Å². The number of nitrogens with zero attached hydrogens (tertiary/aromatic N) is 1. The Balaban J connectivity index is 2.03. The van der Waals surface area contributed by atoms with Crippen LogP contribution in [0.15, 0.2) is 60.7 Å². The summed E-state index contributed by atoms with van der Waals surface area (Å²) in [6, 6.07) is 19.6. The van der Waals surface area contributed by atoms with Crippen molar-refractivity contribution in [3.63, 3.8) is 0 Å². The molecular formula is C22H20ClNO2. The molecule has 0 spiro atoms. The Morgan fingerprint density at radius 2 is 1.69 bits per heavy atom. The van der Waals surface area contributed by atoms with Crippen LogP contribution in [0.1, 0.15) is 34.2 Å². The summed E-state index contributed by atoms with van der Waals surface area (Å²) in [7, 11) is 0. The maximum absolute atomic E-state index is 12.1. The third kappa shape index (κ3) is 4.30. The van der Waals surface area contributed by atoms with Crippen molar-refractivity contribution >= 4 is 17.6 Å². The summed E-state index contributed by atoms with van der Waals surface area (Å²) in [6.07, 6.45) is 0.630. The standard InChI is InChI=1S/C22H20ClNO2/c1-3-26-22(25)20-13-12-19(17-8-10-18(23)11-9-17)21(24-20)14-16-6-4-15(2)5-7-16/h4-13H,3,14H2,1-2H3. The lowest BCUT2D eigenvalue weighted by atomic mass is 9.98. The van der Waals surface area contributed by atoms with Crippen molar-refractivity contribution in [2.75, 3.05) is 6.61 Å². The topological polar surface area (TPSA) is 39.2 Å².